The molecule has 0 bridgehead atoms. The smallest absolute Gasteiger partial charge is 0.0962 e. The molecule has 17 heavy (non-hydrogen) atoms. The molecule has 1 N–H and O–H groups in total. The summed E-state index contributed by atoms with van der Waals surface area (Å²) in [4.78, 5) is 4.51. The third kappa shape index (κ3) is 4.30. The topological polar surface area (TPSA) is 34.1 Å². The Hall–Kier alpha value is -0.580. The van der Waals surface area contributed by atoms with Crippen LogP contribution in [0.15, 0.2) is 23.4 Å². The van der Waals surface area contributed by atoms with Crippen LogP contribution in [-0.4, -0.2) is 30.0 Å². The van der Waals surface area contributed by atoms with Gasteiger partial charge in [-0.25, -0.2) is 4.98 Å². The molecular weight excluding hydrogens is 232 g/mol. The Labute approximate surface area is 107 Å². The average molecular weight is 252 g/mol. The zero-order valence-corrected chi connectivity index (χ0v) is 11.1. The van der Waals surface area contributed by atoms with Crippen LogP contribution in [0.5, 0.6) is 0 Å². The first-order chi connectivity index (χ1) is 8.38. The number of aromatic nitrogens is 1. The van der Waals surface area contributed by atoms with Crippen molar-refractivity contribution in [2.24, 2.45) is 0 Å². The quantitative estimate of drug-likeness (QED) is 0.873. The summed E-state index contributed by atoms with van der Waals surface area (Å²) >= 11 is 1.89. The van der Waals surface area contributed by atoms with Gasteiger partial charge in [0, 0.05) is 31.2 Å². The lowest BCUT2D eigenvalue weighted by Crippen LogP contribution is -2.17. The van der Waals surface area contributed by atoms with Gasteiger partial charge in [0.05, 0.1) is 5.03 Å². The molecule has 1 saturated heterocycles. The fourth-order valence-corrected chi connectivity index (χ4v) is 2.85. The molecule has 3 nitrogen and oxygen atoms in total. The number of nitrogens with one attached hydrogen (secondary N) is 1. The highest BCUT2D eigenvalue weighted by atomic mass is 32.2. The predicted octanol–water partition coefficient (Wildman–Crippen LogP) is 2.46. The van der Waals surface area contributed by atoms with Gasteiger partial charge in [0.1, 0.15) is 0 Å². The van der Waals surface area contributed by atoms with Gasteiger partial charge < -0.3 is 10.1 Å². The Balaban J connectivity index is 1.84. The highest BCUT2D eigenvalue weighted by molar-refractivity contribution is 7.99. The number of thioether (sulfide) groups is 1. The molecule has 0 aliphatic carbocycles. The predicted molar refractivity (Wildman–Crippen MR) is 71.3 cm³/mol. The third-order valence-electron chi connectivity index (χ3n) is 2.83. The molecule has 0 radical (unpaired) electrons. The number of ether oxygens (including phenoxy) is 1. The van der Waals surface area contributed by atoms with Crippen LogP contribution in [0.4, 0.5) is 0 Å². The number of hydrogen-bond acceptors (Lipinski definition) is 4. The Morgan fingerprint density at radius 3 is 2.88 bits per heavy atom. The number of hydrogen-bond donors (Lipinski definition) is 1. The van der Waals surface area contributed by atoms with Crippen LogP contribution in [-0.2, 0) is 11.3 Å². The molecule has 2 heterocycles. The van der Waals surface area contributed by atoms with Gasteiger partial charge in [-0.2, -0.15) is 0 Å². The lowest BCUT2D eigenvalue weighted by molar-refractivity contribution is 0.1000. The van der Waals surface area contributed by atoms with Crippen molar-refractivity contribution in [1.82, 2.24) is 10.3 Å². The Morgan fingerprint density at radius 2 is 2.24 bits per heavy atom. The number of nitrogens with zero attached hydrogens (tertiary/aromatic N) is 1. The van der Waals surface area contributed by atoms with Crippen molar-refractivity contribution < 1.29 is 4.74 Å². The van der Waals surface area contributed by atoms with Crippen LogP contribution >= 0.6 is 11.8 Å². The lowest BCUT2D eigenvalue weighted by atomic mass is 10.2. The van der Waals surface area contributed by atoms with E-state index in [0.717, 1.165) is 44.2 Å². The van der Waals surface area contributed by atoms with E-state index in [1.807, 2.05) is 18.0 Å². The molecule has 0 atom stereocenters. The molecular formula is C13H20N2OS. The lowest BCUT2D eigenvalue weighted by Gasteiger charge is -2.20. The second kappa shape index (κ2) is 6.99. The van der Waals surface area contributed by atoms with Crippen molar-refractivity contribution >= 4 is 11.8 Å². The molecule has 4 heteroatoms. The molecule has 1 aliphatic heterocycles. The van der Waals surface area contributed by atoms with Crippen molar-refractivity contribution in [2.75, 3.05) is 19.8 Å². The van der Waals surface area contributed by atoms with E-state index in [0.29, 0.717) is 5.25 Å². The van der Waals surface area contributed by atoms with Crippen LogP contribution in [0, 0.1) is 0 Å². The number of rotatable bonds is 5. The van der Waals surface area contributed by atoms with Crippen molar-refractivity contribution in [3.63, 3.8) is 0 Å². The van der Waals surface area contributed by atoms with Crippen molar-refractivity contribution in [1.29, 1.82) is 0 Å². The fourth-order valence-electron chi connectivity index (χ4n) is 1.82. The Kier molecular flexibility index (Phi) is 5.29. The molecule has 0 saturated carbocycles. The molecule has 1 aliphatic rings. The van der Waals surface area contributed by atoms with Gasteiger partial charge in [0.15, 0.2) is 0 Å². The van der Waals surface area contributed by atoms with Crippen LogP contribution < -0.4 is 5.32 Å². The molecule has 0 amide bonds. The summed E-state index contributed by atoms with van der Waals surface area (Å²) in [6.45, 7) is 5.82. The van der Waals surface area contributed by atoms with Gasteiger partial charge in [0.2, 0.25) is 0 Å². The van der Waals surface area contributed by atoms with Crippen molar-refractivity contribution in [3.8, 4) is 0 Å². The van der Waals surface area contributed by atoms with Crippen LogP contribution in [0.3, 0.4) is 0 Å². The van der Waals surface area contributed by atoms with E-state index >= 15 is 0 Å². The van der Waals surface area contributed by atoms with E-state index in [-0.39, 0.29) is 0 Å². The minimum atomic E-state index is 0.677. The first kappa shape index (κ1) is 12.9. The molecule has 1 aromatic heterocycles. The summed E-state index contributed by atoms with van der Waals surface area (Å²) in [6.07, 6.45) is 4.27. The van der Waals surface area contributed by atoms with Gasteiger partial charge in [-0.3, -0.25) is 0 Å². The maximum Gasteiger partial charge on any atom is 0.0962 e. The van der Waals surface area contributed by atoms with Gasteiger partial charge in [0.25, 0.3) is 0 Å². The normalized spacial score (nSPS) is 17.2. The summed E-state index contributed by atoms with van der Waals surface area (Å²) in [5.74, 6) is 0. The first-order valence-electron chi connectivity index (χ1n) is 6.28. The second-order valence-electron chi connectivity index (χ2n) is 4.21. The number of pyridine rings is 1. The molecule has 1 aromatic rings. The van der Waals surface area contributed by atoms with Crippen molar-refractivity contribution in [3.05, 3.63) is 23.9 Å². The van der Waals surface area contributed by atoms with Crippen LogP contribution in [0.2, 0.25) is 0 Å². The minimum absolute atomic E-state index is 0.677. The van der Waals surface area contributed by atoms with Crippen LogP contribution in [0.1, 0.15) is 25.3 Å². The van der Waals surface area contributed by atoms with E-state index in [2.05, 4.69) is 29.4 Å². The van der Waals surface area contributed by atoms with Crippen LogP contribution in [0.25, 0.3) is 0 Å². The summed E-state index contributed by atoms with van der Waals surface area (Å²) in [6, 6.07) is 4.30. The minimum Gasteiger partial charge on any atom is -0.381 e. The van der Waals surface area contributed by atoms with E-state index < -0.39 is 0 Å². The van der Waals surface area contributed by atoms with Gasteiger partial charge in [-0.1, -0.05) is 13.0 Å². The monoisotopic (exact) mass is 252 g/mol. The second-order valence-corrected chi connectivity index (χ2v) is 5.54. The average Bonchev–Trinajstić information content (AvgIpc) is 2.39. The largest absolute Gasteiger partial charge is 0.381 e. The van der Waals surface area contributed by atoms with E-state index in [9.17, 15) is 0 Å². The summed E-state index contributed by atoms with van der Waals surface area (Å²) < 4.78 is 5.36. The molecule has 94 valence electrons. The van der Waals surface area contributed by atoms with Gasteiger partial charge in [-0.15, -0.1) is 11.8 Å². The summed E-state index contributed by atoms with van der Waals surface area (Å²) in [7, 11) is 0. The van der Waals surface area contributed by atoms with Gasteiger partial charge >= 0.3 is 0 Å². The Bertz CT molecular complexity index is 323. The summed E-state index contributed by atoms with van der Waals surface area (Å²) in [5.41, 5.74) is 1.25. The molecule has 0 unspecified atom stereocenters. The highest BCUT2D eigenvalue weighted by Crippen LogP contribution is 2.28. The van der Waals surface area contributed by atoms with Gasteiger partial charge in [-0.05, 0) is 31.0 Å². The third-order valence-corrected chi connectivity index (χ3v) is 4.12. The maximum atomic E-state index is 5.36. The first-order valence-corrected chi connectivity index (χ1v) is 7.16. The molecule has 0 spiro atoms. The SMILES string of the molecule is CCNCc1ccc(SC2CCOCC2)nc1. The highest BCUT2D eigenvalue weighted by Gasteiger charge is 2.15. The zero-order chi connectivity index (χ0) is 11.9. The molecule has 0 aromatic carbocycles. The maximum absolute atomic E-state index is 5.36. The molecule has 2 rings (SSSR count). The zero-order valence-electron chi connectivity index (χ0n) is 10.3. The fraction of sp³-hybridized carbons (Fsp3) is 0.615. The van der Waals surface area contributed by atoms with E-state index in [1.54, 1.807) is 0 Å². The standard InChI is InChI=1S/C13H20N2OS/c1-2-14-9-11-3-4-13(15-10-11)17-12-5-7-16-8-6-12/h3-4,10,12,14H,2,5-9H2,1H3. The van der Waals surface area contributed by atoms with E-state index in [4.69, 9.17) is 4.74 Å². The Morgan fingerprint density at radius 1 is 1.41 bits per heavy atom. The van der Waals surface area contributed by atoms with Crippen molar-refractivity contribution in [2.45, 2.75) is 36.6 Å². The van der Waals surface area contributed by atoms with E-state index in [1.165, 1.54) is 5.56 Å². The summed E-state index contributed by atoms with van der Waals surface area (Å²) in [5, 5.41) is 5.12. The molecule has 1 fully saturated rings.